The summed E-state index contributed by atoms with van der Waals surface area (Å²) in [5.41, 5.74) is 6.84. The van der Waals surface area contributed by atoms with E-state index in [0.717, 1.165) is 11.4 Å². The van der Waals surface area contributed by atoms with Crippen molar-refractivity contribution in [3.05, 3.63) is 30.1 Å². The average Bonchev–Trinajstić information content (AvgIpc) is 3.16. The Morgan fingerprint density at radius 1 is 1.47 bits per heavy atom. The van der Waals surface area contributed by atoms with Gasteiger partial charge in [0.1, 0.15) is 5.82 Å². The van der Waals surface area contributed by atoms with E-state index in [9.17, 15) is 4.79 Å². The number of amides is 1. The Morgan fingerprint density at radius 3 is 3.05 bits per heavy atom. The molecule has 98 valence electrons. The predicted octanol–water partition coefficient (Wildman–Crippen LogP) is 1.25. The van der Waals surface area contributed by atoms with Gasteiger partial charge in [-0.2, -0.15) is 5.10 Å². The number of aromatic amines is 1. The molecule has 1 saturated carbocycles. The van der Waals surface area contributed by atoms with Gasteiger partial charge >= 0.3 is 0 Å². The first kappa shape index (κ1) is 11.9. The Balaban J connectivity index is 1.82. The van der Waals surface area contributed by atoms with Gasteiger partial charge in [-0.3, -0.25) is 9.89 Å². The van der Waals surface area contributed by atoms with Crippen LogP contribution < -0.4 is 11.1 Å². The van der Waals surface area contributed by atoms with Crippen molar-refractivity contribution in [2.75, 3.05) is 11.9 Å². The summed E-state index contributed by atoms with van der Waals surface area (Å²) in [6.45, 7) is -0.0310. The van der Waals surface area contributed by atoms with Crippen molar-refractivity contribution in [1.82, 2.24) is 15.2 Å². The van der Waals surface area contributed by atoms with Crippen molar-refractivity contribution in [2.45, 2.75) is 18.8 Å². The van der Waals surface area contributed by atoms with Crippen LogP contribution in [0.2, 0.25) is 0 Å². The van der Waals surface area contributed by atoms with Gasteiger partial charge in [-0.1, -0.05) is 12.1 Å². The molecule has 4 N–H and O–H groups in total. The molecule has 0 saturated heterocycles. The fourth-order valence-electron chi connectivity index (χ4n) is 1.89. The fraction of sp³-hybridized carbons (Fsp3) is 0.308. The highest BCUT2D eigenvalue weighted by atomic mass is 16.1. The standard InChI is InChI=1S/C13H15N5O/c14-7-11(19)15-10-3-1-2-9(6-10)13-16-12(17-18-13)8-4-5-8/h1-3,6,8H,4-5,7,14H2,(H,15,19)(H,16,17,18). The molecule has 19 heavy (non-hydrogen) atoms. The fourth-order valence-corrected chi connectivity index (χ4v) is 1.89. The number of anilines is 1. The minimum atomic E-state index is -0.217. The van der Waals surface area contributed by atoms with E-state index in [-0.39, 0.29) is 12.5 Å². The second kappa shape index (κ2) is 4.81. The molecule has 1 amide bonds. The predicted molar refractivity (Wildman–Crippen MR) is 71.5 cm³/mol. The monoisotopic (exact) mass is 257 g/mol. The van der Waals surface area contributed by atoms with Crippen LogP contribution in [-0.4, -0.2) is 27.6 Å². The van der Waals surface area contributed by atoms with Crippen LogP contribution in [0.25, 0.3) is 11.4 Å². The van der Waals surface area contributed by atoms with Crippen LogP contribution in [0.4, 0.5) is 5.69 Å². The molecule has 0 aliphatic heterocycles. The van der Waals surface area contributed by atoms with E-state index in [1.54, 1.807) is 0 Å². The lowest BCUT2D eigenvalue weighted by atomic mass is 10.2. The van der Waals surface area contributed by atoms with Crippen molar-refractivity contribution >= 4 is 11.6 Å². The van der Waals surface area contributed by atoms with Gasteiger partial charge in [0.05, 0.1) is 6.54 Å². The lowest BCUT2D eigenvalue weighted by Gasteiger charge is -2.04. The Labute approximate surface area is 110 Å². The number of hydrogen-bond donors (Lipinski definition) is 3. The zero-order valence-corrected chi connectivity index (χ0v) is 10.4. The molecular weight excluding hydrogens is 242 g/mol. The van der Waals surface area contributed by atoms with E-state index < -0.39 is 0 Å². The number of carbonyl (C=O) groups excluding carboxylic acids is 1. The molecule has 1 aliphatic carbocycles. The molecule has 6 nitrogen and oxygen atoms in total. The third-order valence-corrected chi connectivity index (χ3v) is 3.06. The van der Waals surface area contributed by atoms with Crippen LogP contribution in [-0.2, 0) is 4.79 Å². The van der Waals surface area contributed by atoms with Crippen molar-refractivity contribution in [3.63, 3.8) is 0 Å². The van der Waals surface area contributed by atoms with Crippen molar-refractivity contribution in [3.8, 4) is 11.4 Å². The molecule has 1 aromatic carbocycles. The summed E-state index contributed by atoms with van der Waals surface area (Å²) in [6.07, 6.45) is 2.36. The minimum Gasteiger partial charge on any atom is -0.325 e. The Morgan fingerprint density at radius 2 is 2.32 bits per heavy atom. The number of hydrogen-bond acceptors (Lipinski definition) is 4. The van der Waals surface area contributed by atoms with Crippen LogP contribution in [0.5, 0.6) is 0 Å². The largest absolute Gasteiger partial charge is 0.325 e. The highest BCUT2D eigenvalue weighted by molar-refractivity contribution is 5.92. The molecule has 2 aromatic rings. The quantitative estimate of drug-likeness (QED) is 0.767. The molecular formula is C13H15N5O. The van der Waals surface area contributed by atoms with E-state index in [2.05, 4.69) is 20.5 Å². The summed E-state index contributed by atoms with van der Waals surface area (Å²) in [6, 6.07) is 7.42. The van der Waals surface area contributed by atoms with Crippen molar-refractivity contribution in [1.29, 1.82) is 0 Å². The summed E-state index contributed by atoms with van der Waals surface area (Å²) in [5, 5.41) is 9.90. The van der Waals surface area contributed by atoms with Gasteiger partial charge < -0.3 is 11.1 Å². The number of carbonyl (C=O) groups is 1. The molecule has 0 radical (unpaired) electrons. The zero-order valence-electron chi connectivity index (χ0n) is 10.4. The smallest absolute Gasteiger partial charge is 0.238 e. The van der Waals surface area contributed by atoms with E-state index in [4.69, 9.17) is 5.73 Å². The topological polar surface area (TPSA) is 96.7 Å². The Hall–Kier alpha value is -2.21. The first-order valence-electron chi connectivity index (χ1n) is 6.29. The van der Waals surface area contributed by atoms with Gasteiger partial charge in [0.25, 0.3) is 0 Å². The number of rotatable bonds is 4. The van der Waals surface area contributed by atoms with Gasteiger partial charge in [-0.05, 0) is 25.0 Å². The van der Waals surface area contributed by atoms with Gasteiger partial charge in [-0.25, -0.2) is 4.98 Å². The summed E-state index contributed by atoms with van der Waals surface area (Å²) in [5.74, 6) is 1.93. The average molecular weight is 257 g/mol. The second-order valence-electron chi connectivity index (χ2n) is 4.65. The molecule has 1 aliphatic rings. The number of H-pyrrole nitrogens is 1. The second-order valence-corrected chi connectivity index (χ2v) is 4.65. The number of benzene rings is 1. The van der Waals surface area contributed by atoms with E-state index in [1.807, 2.05) is 24.3 Å². The molecule has 0 spiro atoms. The third kappa shape index (κ3) is 2.63. The summed E-state index contributed by atoms with van der Waals surface area (Å²) in [4.78, 5) is 15.7. The molecule has 1 fully saturated rings. The molecule has 0 atom stereocenters. The maximum absolute atomic E-state index is 11.3. The zero-order chi connectivity index (χ0) is 13.2. The summed E-state index contributed by atoms with van der Waals surface area (Å²) in [7, 11) is 0. The van der Waals surface area contributed by atoms with Crippen LogP contribution in [0.15, 0.2) is 24.3 Å². The maximum atomic E-state index is 11.3. The Bertz CT molecular complexity index is 603. The first-order chi connectivity index (χ1) is 9.26. The van der Waals surface area contributed by atoms with Crippen LogP contribution in [0, 0.1) is 0 Å². The van der Waals surface area contributed by atoms with Crippen LogP contribution in [0.3, 0.4) is 0 Å². The third-order valence-electron chi connectivity index (χ3n) is 3.06. The van der Waals surface area contributed by atoms with Crippen LogP contribution in [0.1, 0.15) is 24.6 Å². The van der Waals surface area contributed by atoms with Gasteiger partial charge in [0.15, 0.2) is 5.82 Å². The highest BCUT2D eigenvalue weighted by Crippen LogP contribution is 2.38. The number of nitrogens with two attached hydrogens (primary N) is 1. The molecule has 1 aromatic heterocycles. The number of nitrogens with one attached hydrogen (secondary N) is 2. The summed E-state index contributed by atoms with van der Waals surface area (Å²) < 4.78 is 0. The lowest BCUT2D eigenvalue weighted by Crippen LogP contribution is -2.21. The Kier molecular flexibility index (Phi) is 3.00. The number of nitrogens with zero attached hydrogens (tertiary/aromatic N) is 2. The minimum absolute atomic E-state index is 0.0310. The van der Waals surface area contributed by atoms with E-state index >= 15 is 0 Å². The first-order valence-corrected chi connectivity index (χ1v) is 6.29. The number of aromatic nitrogens is 3. The van der Waals surface area contributed by atoms with Crippen molar-refractivity contribution < 1.29 is 4.79 Å². The van der Waals surface area contributed by atoms with Crippen molar-refractivity contribution in [2.24, 2.45) is 5.73 Å². The molecule has 3 rings (SSSR count). The van der Waals surface area contributed by atoms with E-state index in [1.165, 1.54) is 12.8 Å². The van der Waals surface area contributed by atoms with Gasteiger partial charge in [-0.15, -0.1) is 0 Å². The molecule has 0 bridgehead atoms. The summed E-state index contributed by atoms with van der Waals surface area (Å²) >= 11 is 0. The van der Waals surface area contributed by atoms with E-state index in [0.29, 0.717) is 17.4 Å². The van der Waals surface area contributed by atoms with Crippen LogP contribution >= 0.6 is 0 Å². The highest BCUT2D eigenvalue weighted by Gasteiger charge is 2.27. The molecule has 1 heterocycles. The molecule has 0 unspecified atom stereocenters. The maximum Gasteiger partial charge on any atom is 0.238 e. The normalized spacial score (nSPS) is 14.4. The molecule has 6 heteroatoms. The lowest BCUT2D eigenvalue weighted by molar-refractivity contribution is -0.114. The SMILES string of the molecule is NCC(=O)Nc1cccc(-c2n[nH]c(C3CC3)n2)c1. The van der Waals surface area contributed by atoms with Gasteiger partial charge in [0, 0.05) is 17.2 Å². The van der Waals surface area contributed by atoms with Gasteiger partial charge in [0.2, 0.25) is 5.91 Å².